The lowest BCUT2D eigenvalue weighted by Crippen LogP contribution is -2.40. The zero-order chi connectivity index (χ0) is 23.6. The van der Waals surface area contributed by atoms with Gasteiger partial charge in [0.05, 0.1) is 16.3 Å². The average Bonchev–Trinajstić information content (AvgIpc) is 2.62. The number of hydrogen-bond donors (Lipinski definition) is 2. The summed E-state index contributed by atoms with van der Waals surface area (Å²) in [6.45, 7) is 8.32. The van der Waals surface area contributed by atoms with Gasteiger partial charge in [-0.2, -0.15) is 0 Å². The van der Waals surface area contributed by atoms with Gasteiger partial charge in [-0.1, -0.05) is 27.5 Å². The second kappa shape index (κ2) is 10.1. The van der Waals surface area contributed by atoms with Crippen LogP contribution in [0.4, 0.5) is 5.69 Å². The zero-order valence-corrected chi connectivity index (χ0v) is 21.6. The van der Waals surface area contributed by atoms with E-state index in [1.165, 1.54) is 36.4 Å². The number of anilines is 1. The number of phenols is 1. The van der Waals surface area contributed by atoms with Crippen LogP contribution >= 0.6 is 27.5 Å². The summed E-state index contributed by atoms with van der Waals surface area (Å²) in [5, 5.41) is 10.0. The van der Waals surface area contributed by atoms with Crippen LogP contribution in [0, 0.1) is 0 Å². The molecular weight excluding hydrogens is 528 g/mol. The zero-order valence-electron chi connectivity index (χ0n) is 17.6. The number of halogens is 2. The first kappa shape index (κ1) is 25.9. The number of aromatic hydroxyl groups is 1. The Labute approximate surface area is 197 Å². The molecule has 0 heterocycles. The number of phenolic OH excluding ortho intramolecular Hbond substituents is 1. The molecule has 2 aromatic carbocycles. The second-order valence-corrected chi connectivity index (χ2v) is 12.7. The number of nitrogens with zero attached hydrogens (tertiary/aromatic N) is 1. The van der Waals surface area contributed by atoms with Gasteiger partial charge in [0.15, 0.2) is 9.84 Å². The Kier molecular flexibility index (Phi) is 8.43. The summed E-state index contributed by atoms with van der Waals surface area (Å²) < 4.78 is 54.0. The van der Waals surface area contributed by atoms with E-state index in [1.54, 1.807) is 0 Å². The second-order valence-electron chi connectivity index (χ2n) is 7.64. The highest BCUT2D eigenvalue weighted by molar-refractivity contribution is 9.10. The summed E-state index contributed by atoms with van der Waals surface area (Å²) in [5.41, 5.74) is -0.0185. The molecule has 2 aromatic rings. The van der Waals surface area contributed by atoms with Crippen molar-refractivity contribution in [1.29, 1.82) is 0 Å². The Morgan fingerprint density at radius 1 is 1.03 bits per heavy atom. The largest absolute Gasteiger partial charge is 0.507 e. The Morgan fingerprint density at radius 3 is 2.23 bits per heavy atom. The van der Waals surface area contributed by atoms with Crippen molar-refractivity contribution in [3.8, 4) is 5.75 Å². The van der Waals surface area contributed by atoms with Crippen molar-refractivity contribution in [2.24, 2.45) is 0 Å². The van der Waals surface area contributed by atoms with Gasteiger partial charge in [-0.3, -0.25) is 9.62 Å². The maximum absolute atomic E-state index is 12.9. The predicted octanol–water partition coefficient (Wildman–Crippen LogP) is 4.50. The molecule has 0 unspecified atom stereocenters. The normalized spacial score (nSPS) is 12.7. The van der Waals surface area contributed by atoms with E-state index in [0.717, 1.165) is 0 Å². The van der Waals surface area contributed by atoms with Crippen LogP contribution in [-0.2, 0) is 19.9 Å². The van der Waals surface area contributed by atoms with E-state index >= 15 is 0 Å². The summed E-state index contributed by atoms with van der Waals surface area (Å²) in [6.07, 6.45) is 0. The number of rotatable bonds is 9. The maximum Gasteiger partial charge on any atom is 0.265 e. The fourth-order valence-electron chi connectivity index (χ4n) is 3.17. The molecule has 0 aliphatic heterocycles. The van der Waals surface area contributed by atoms with E-state index in [9.17, 15) is 21.9 Å². The molecule has 2 rings (SSSR count). The van der Waals surface area contributed by atoms with E-state index < -0.39 is 25.6 Å². The third-order valence-corrected chi connectivity index (χ3v) is 8.43. The van der Waals surface area contributed by atoms with Gasteiger partial charge in [0.25, 0.3) is 10.0 Å². The van der Waals surface area contributed by atoms with Crippen molar-refractivity contribution in [1.82, 2.24) is 4.90 Å². The average molecular weight is 554 g/mol. The molecule has 0 aromatic heterocycles. The molecule has 0 saturated heterocycles. The summed E-state index contributed by atoms with van der Waals surface area (Å²) >= 11 is 9.25. The van der Waals surface area contributed by atoms with Crippen LogP contribution in [0.2, 0.25) is 5.02 Å². The Balaban J connectivity index is 2.34. The van der Waals surface area contributed by atoms with Crippen molar-refractivity contribution in [2.75, 3.05) is 17.0 Å². The van der Waals surface area contributed by atoms with Crippen molar-refractivity contribution in [2.45, 2.75) is 49.6 Å². The van der Waals surface area contributed by atoms with Gasteiger partial charge in [0, 0.05) is 28.1 Å². The number of sulfonamides is 1. The third kappa shape index (κ3) is 6.82. The minimum Gasteiger partial charge on any atom is -0.507 e. The molecule has 0 spiro atoms. The van der Waals surface area contributed by atoms with Gasteiger partial charge in [-0.15, -0.1) is 0 Å². The van der Waals surface area contributed by atoms with Gasteiger partial charge < -0.3 is 5.11 Å². The molecular formula is C20H26BrClN2O5S2. The van der Waals surface area contributed by atoms with Crippen LogP contribution < -0.4 is 4.72 Å². The summed E-state index contributed by atoms with van der Waals surface area (Å²) in [7, 11) is -7.91. The predicted molar refractivity (Wildman–Crippen MR) is 127 cm³/mol. The van der Waals surface area contributed by atoms with E-state index in [2.05, 4.69) is 25.6 Å². The lowest BCUT2D eigenvalue weighted by atomic mass is 10.2. The smallest absolute Gasteiger partial charge is 0.265 e. The van der Waals surface area contributed by atoms with Crippen LogP contribution in [0.1, 0.15) is 27.7 Å². The van der Waals surface area contributed by atoms with Gasteiger partial charge in [0.1, 0.15) is 10.6 Å². The molecule has 7 nitrogen and oxygen atoms in total. The summed E-state index contributed by atoms with van der Waals surface area (Å²) in [4.78, 5) is 1.63. The van der Waals surface area contributed by atoms with Crippen LogP contribution in [-0.4, -0.2) is 51.2 Å². The van der Waals surface area contributed by atoms with Gasteiger partial charge in [-0.05, 0) is 64.1 Å². The lowest BCUT2D eigenvalue weighted by molar-refractivity contribution is 0.186. The molecule has 0 fully saturated rings. The highest BCUT2D eigenvalue weighted by atomic mass is 79.9. The van der Waals surface area contributed by atoms with E-state index in [4.69, 9.17) is 11.6 Å². The first-order valence-corrected chi connectivity index (χ1v) is 13.8. The van der Waals surface area contributed by atoms with Crippen molar-refractivity contribution >= 4 is 53.1 Å². The van der Waals surface area contributed by atoms with E-state index in [-0.39, 0.29) is 38.3 Å². The molecule has 31 heavy (non-hydrogen) atoms. The number of hydrogen-bond acceptors (Lipinski definition) is 6. The van der Waals surface area contributed by atoms with Crippen LogP contribution in [0.5, 0.6) is 5.75 Å². The fourth-order valence-corrected chi connectivity index (χ4v) is 6.45. The molecule has 0 atom stereocenters. The van der Waals surface area contributed by atoms with Crippen LogP contribution in [0.25, 0.3) is 0 Å². The first-order valence-electron chi connectivity index (χ1n) is 9.53. The summed E-state index contributed by atoms with van der Waals surface area (Å²) in [5.74, 6) is -0.574. The lowest BCUT2D eigenvalue weighted by Gasteiger charge is -2.30. The van der Waals surface area contributed by atoms with E-state index in [0.29, 0.717) is 11.0 Å². The molecule has 0 amide bonds. The topological polar surface area (TPSA) is 104 Å². The van der Waals surface area contributed by atoms with E-state index in [1.807, 2.05) is 27.7 Å². The Hall–Kier alpha value is -1.33. The number of sulfone groups is 1. The molecule has 0 aliphatic carbocycles. The minimum absolute atomic E-state index is 0.0185. The quantitative estimate of drug-likeness (QED) is 0.474. The summed E-state index contributed by atoms with van der Waals surface area (Å²) in [6, 6.07) is 8.15. The number of nitrogens with one attached hydrogen (secondary N) is 1. The molecule has 11 heteroatoms. The van der Waals surface area contributed by atoms with Gasteiger partial charge in [-0.25, -0.2) is 16.8 Å². The van der Waals surface area contributed by atoms with Crippen molar-refractivity contribution in [3.63, 3.8) is 0 Å². The first-order chi connectivity index (χ1) is 14.2. The molecule has 0 bridgehead atoms. The van der Waals surface area contributed by atoms with Crippen LogP contribution in [0.3, 0.4) is 0 Å². The highest BCUT2D eigenvalue weighted by Crippen LogP contribution is 2.30. The maximum atomic E-state index is 12.9. The molecule has 2 N–H and O–H groups in total. The van der Waals surface area contributed by atoms with Gasteiger partial charge >= 0.3 is 0 Å². The van der Waals surface area contributed by atoms with Crippen molar-refractivity contribution in [3.05, 3.63) is 45.9 Å². The Morgan fingerprint density at radius 2 is 1.65 bits per heavy atom. The highest BCUT2D eigenvalue weighted by Gasteiger charge is 2.23. The minimum atomic E-state index is -4.19. The third-order valence-electron chi connectivity index (χ3n) is 4.64. The molecule has 0 aliphatic rings. The number of benzene rings is 2. The molecule has 172 valence electrons. The monoisotopic (exact) mass is 552 g/mol. The molecule has 0 radical (unpaired) electrons. The molecule has 0 saturated carbocycles. The van der Waals surface area contributed by atoms with Crippen LogP contribution in [0.15, 0.2) is 50.7 Å². The Bertz CT molecular complexity index is 1140. The fraction of sp³-hybridized carbons (Fsp3) is 0.400. The van der Waals surface area contributed by atoms with Gasteiger partial charge in [0.2, 0.25) is 0 Å². The standard InChI is InChI=1S/C20H26BrClN2O5S2/c1-13(2)24(14(3)4)7-8-30(26,27)18-11-16(22)10-17(12-18)23-31(28,29)20-9-15(21)5-6-19(20)25/h5-6,9-14,23,25H,7-8H2,1-4H3. The SMILES string of the molecule is CC(C)N(CCS(=O)(=O)c1cc(Cl)cc(NS(=O)(=O)c2cc(Br)ccc2O)c1)C(C)C. The van der Waals surface area contributed by atoms with Crippen molar-refractivity contribution < 1.29 is 21.9 Å².